The highest BCUT2D eigenvalue weighted by Gasteiger charge is 2.19. The Morgan fingerprint density at radius 3 is 2.75 bits per heavy atom. The Morgan fingerprint density at radius 1 is 1.25 bits per heavy atom. The molecule has 2 N–H and O–H groups in total. The number of aromatic amines is 1. The van der Waals surface area contributed by atoms with Crippen molar-refractivity contribution in [3.8, 4) is 11.5 Å². The van der Waals surface area contributed by atoms with Crippen molar-refractivity contribution < 1.29 is 12.8 Å². The lowest BCUT2D eigenvalue weighted by Crippen LogP contribution is -2.25. The van der Waals surface area contributed by atoms with Crippen LogP contribution in [0.4, 0.5) is 0 Å². The van der Waals surface area contributed by atoms with E-state index in [1.807, 2.05) is 18.4 Å². The minimum atomic E-state index is -3.73. The number of rotatable bonds is 6. The first-order chi connectivity index (χ1) is 11.5. The third kappa shape index (κ3) is 3.64. The Bertz CT molecular complexity index is 981. The maximum atomic E-state index is 12.3. The molecular weight excluding hydrogens is 350 g/mol. The molecule has 0 unspecified atom stereocenters. The summed E-state index contributed by atoms with van der Waals surface area (Å²) < 4.78 is 32.4. The van der Waals surface area contributed by atoms with Crippen LogP contribution in [0.15, 0.2) is 50.0 Å². The van der Waals surface area contributed by atoms with E-state index in [4.69, 9.17) is 4.42 Å². The standard InChI is InChI=1S/C15H15N3O4S2/c1-10-7-9-23-13(10)6-8-16-24(20,21)15-5-3-12(22-15)11-2-4-14(19)18-17-11/h2-5,7,9,16H,6,8H2,1H3,(H,18,19). The molecule has 0 saturated heterocycles. The Kier molecular flexibility index (Phi) is 4.65. The van der Waals surface area contributed by atoms with Crippen molar-refractivity contribution in [3.63, 3.8) is 0 Å². The molecule has 0 saturated carbocycles. The zero-order chi connectivity index (χ0) is 17.2. The number of aromatic nitrogens is 2. The van der Waals surface area contributed by atoms with Crippen molar-refractivity contribution in [3.05, 3.63) is 56.5 Å². The van der Waals surface area contributed by atoms with Gasteiger partial charge in [0, 0.05) is 17.5 Å². The minimum absolute atomic E-state index is 0.187. The van der Waals surface area contributed by atoms with Crippen LogP contribution in [-0.4, -0.2) is 25.2 Å². The molecule has 7 nitrogen and oxygen atoms in total. The van der Waals surface area contributed by atoms with Gasteiger partial charge in [-0.25, -0.2) is 18.2 Å². The first-order valence-electron chi connectivity index (χ1n) is 7.14. The topological polar surface area (TPSA) is 105 Å². The zero-order valence-corrected chi connectivity index (χ0v) is 14.4. The van der Waals surface area contributed by atoms with Crippen LogP contribution in [-0.2, 0) is 16.4 Å². The monoisotopic (exact) mass is 365 g/mol. The normalized spacial score (nSPS) is 11.7. The molecule has 0 radical (unpaired) electrons. The lowest BCUT2D eigenvalue weighted by Gasteiger charge is -2.04. The Morgan fingerprint density at radius 2 is 2.08 bits per heavy atom. The second kappa shape index (κ2) is 6.71. The van der Waals surface area contributed by atoms with Gasteiger partial charge in [0.2, 0.25) is 5.09 Å². The second-order valence-electron chi connectivity index (χ2n) is 5.10. The molecule has 9 heteroatoms. The molecule has 0 aromatic carbocycles. The third-order valence-corrected chi connectivity index (χ3v) is 5.81. The summed E-state index contributed by atoms with van der Waals surface area (Å²) in [4.78, 5) is 12.2. The summed E-state index contributed by atoms with van der Waals surface area (Å²) in [5, 5.41) is 7.87. The maximum Gasteiger partial charge on any atom is 0.273 e. The fourth-order valence-corrected chi connectivity index (χ4v) is 3.98. The van der Waals surface area contributed by atoms with Crippen LogP contribution in [0.1, 0.15) is 10.4 Å². The van der Waals surface area contributed by atoms with E-state index in [9.17, 15) is 13.2 Å². The number of nitrogens with zero attached hydrogens (tertiary/aromatic N) is 1. The Labute approximate surface area is 142 Å². The number of sulfonamides is 1. The van der Waals surface area contributed by atoms with Crippen molar-refractivity contribution in [1.82, 2.24) is 14.9 Å². The van der Waals surface area contributed by atoms with Gasteiger partial charge in [0.05, 0.1) is 0 Å². The summed E-state index contributed by atoms with van der Waals surface area (Å²) in [7, 11) is -3.73. The molecule has 0 amide bonds. The molecule has 0 bridgehead atoms. The summed E-state index contributed by atoms with van der Waals surface area (Å²) in [5.41, 5.74) is 1.16. The summed E-state index contributed by atoms with van der Waals surface area (Å²) in [6.07, 6.45) is 0.623. The number of hydrogen-bond donors (Lipinski definition) is 2. The van der Waals surface area contributed by atoms with Crippen LogP contribution < -0.4 is 10.3 Å². The molecule has 0 atom stereocenters. The van der Waals surface area contributed by atoms with E-state index in [0.717, 1.165) is 10.4 Å². The van der Waals surface area contributed by atoms with E-state index >= 15 is 0 Å². The number of H-pyrrole nitrogens is 1. The summed E-state index contributed by atoms with van der Waals surface area (Å²) >= 11 is 1.60. The van der Waals surface area contributed by atoms with Crippen LogP contribution in [0.3, 0.4) is 0 Å². The molecule has 0 spiro atoms. The van der Waals surface area contributed by atoms with Gasteiger partial charge in [-0.05, 0) is 48.6 Å². The van der Waals surface area contributed by atoms with Gasteiger partial charge in [0.15, 0.2) is 5.76 Å². The highest BCUT2D eigenvalue weighted by atomic mass is 32.2. The number of furan rings is 1. The Balaban J connectivity index is 1.70. The predicted octanol–water partition coefficient (Wildman–Crippen LogP) is 1.92. The van der Waals surface area contributed by atoms with Gasteiger partial charge >= 0.3 is 0 Å². The van der Waals surface area contributed by atoms with Gasteiger partial charge in [0.25, 0.3) is 15.6 Å². The summed E-state index contributed by atoms with van der Waals surface area (Å²) in [6.45, 7) is 2.28. The van der Waals surface area contributed by atoms with Gasteiger partial charge in [-0.3, -0.25) is 4.79 Å². The van der Waals surface area contributed by atoms with Gasteiger partial charge in [-0.1, -0.05) is 0 Å². The predicted molar refractivity (Wildman–Crippen MR) is 90.5 cm³/mol. The molecular formula is C15H15N3O4S2. The van der Waals surface area contributed by atoms with Crippen molar-refractivity contribution in [2.24, 2.45) is 0 Å². The SMILES string of the molecule is Cc1ccsc1CCNS(=O)(=O)c1ccc(-c2ccc(=O)[nH]n2)o1. The van der Waals surface area contributed by atoms with Crippen molar-refractivity contribution >= 4 is 21.4 Å². The molecule has 0 aliphatic rings. The van der Waals surface area contributed by atoms with E-state index in [1.165, 1.54) is 24.3 Å². The number of thiophene rings is 1. The quantitative estimate of drug-likeness (QED) is 0.694. The first kappa shape index (κ1) is 16.6. The number of aryl methyl sites for hydroxylation is 1. The highest BCUT2D eigenvalue weighted by molar-refractivity contribution is 7.89. The molecule has 0 aliphatic carbocycles. The molecule has 3 aromatic heterocycles. The van der Waals surface area contributed by atoms with Gasteiger partial charge in [0.1, 0.15) is 5.69 Å². The zero-order valence-electron chi connectivity index (χ0n) is 12.8. The van der Waals surface area contributed by atoms with Gasteiger partial charge < -0.3 is 4.42 Å². The molecule has 3 aromatic rings. The summed E-state index contributed by atoms with van der Waals surface area (Å²) in [5.74, 6) is 0.265. The van der Waals surface area contributed by atoms with Crippen LogP contribution in [0.5, 0.6) is 0 Å². The van der Waals surface area contributed by atoms with Crippen molar-refractivity contribution in [2.45, 2.75) is 18.4 Å². The van der Waals surface area contributed by atoms with E-state index < -0.39 is 10.0 Å². The van der Waals surface area contributed by atoms with E-state index in [1.54, 1.807) is 11.3 Å². The van der Waals surface area contributed by atoms with E-state index in [-0.39, 0.29) is 23.0 Å². The molecule has 0 fully saturated rings. The van der Waals surface area contributed by atoms with Crippen LogP contribution in [0.2, 0.25) is 0 Å². The highest BCUT2D eigenvalue weighted by Crippen LogP contribution is 2.22. The minimum Gasteiger partial charge on any atom is -0.442 e. The molecule has 24 heavy (non-hydrogen) atoms. The average Bonchev–Trinajstić information content (AvgIpc) is 3.18. The van der Waals surface area contributed by atoms with Gasteiger partial charge in [-0.2, -0.15) is 5.10 Å². The smallest absolute Gasteiger partial charge is 0.273 e. The molecule has 0 aliphatic heterocycles. The third-order valence-electron chi connectivity index (χ3n) is 3.39. The number of nitrogens with one attached hydrogen (secondary N) is 2. The van der Waals surface area contributed by atoms with E-state index in [0.29, 0.717) is 12.1 Å². The average molecular weight is 365 g/mol. The fourth-order valence-electron chi connectivity index (χ4n) is 2.11. The van der Waals surface area contributed by atoms with Gasteiger partial charge in [-0.15, -0.1) is 11.3 Å². The van der Waals surface area contributed by atoms with Crippen molar-refractivity contribution in [1.29, 1.82) is 0 Å². The first-order valence-corrected chi connectivity index (χ1v) is 9.50. The molecule has 3 rings (SSSR count). The molecule has 3 heterocycles. The van der Waals surface area contributed by atoms with Crippen LogP contribution in [0, 0.1) is 6.92 Å². The second-order valence-corrected chi connectivity index (χ2v) is 7.80. The largest absolute Gasteiger partial charge is 0.442 e. The maximum absolute atomic E-state index is 12.3. The molecule has 126 valence electrons. The lowest BCUT2D eigenvalue weighted by molar-refractivity contribution is 0.454. The lowest BCUT2D eigenvalue weighted by atomic mass is 10.2. The van der Waals surface area contributed by atoms with Crippen molar-refractivity contribution in [2.75, 3.05) is 6.54 Å². The number of hydrogen-bond acceptors (Lipinski definition) is 6. The summed E-state index contributed by atoms with van der Waals surface area (Å²) in [6, 6.07) is 7.62. The van der Waals surface area contributed by atoms with Crippen LogP contribution in [0.25, 0.3) is 11.5 Å². The fraction of sp³-hybridized carbons (Fsp3) is 0.200. The van der Waals surface area contributed by atoms with Crippen LogP contribution >= 0.6 is 11.3 Å². The Hall–Kier alpha value is -2.23. The van der Waals surface area contributed by atoms with E-state index in [2.05, 4.69) is 14.9 Å².